The van der Waals surface area contributed by atoms with Crippen LogP contribution >= 0.6 is 12.2 Å². The molecule has 0 aliphatic heterocycles. The van der Waals surface area contributed by atoms with Crippen LogP contribution in [0.3, 0.4) is 0 Å². The number of hydrogen-bond donors (Lipinski definition) is 0. The van der Waals surface area contributed by atoms with Crippen molar-refractivity contribution in [2.45, 2.75) is 19.7 Å². The molecular formula is C30H26N4O2S. The van der Waals surface area contributed by atoms with Crippen LogP contribution in [0.5, 0.6) is 5.75 Å². The zero-order valence-electron chi connectivity index (χ0n) is 20.2. The predicted octanol–water partition coefficient (Wildman–Crippen LogP) is 6.41. The molecule has 37 heavy (non-hydrogen) atoms. The number of ether oxygens (including phenoxy) is 1. The monoisotopic (exact) mass is 506 g/mol. The number of anilines is 2. The van der Waals surface area contributed by atoms with Crippen molar-refractivity contribution in [3.63, 3.8) is 0 Å². The number of amides is 1. The Balaban J connectivity index is 1.46. The molecule has 7 heteroatoms. The van der Waals surface area contributed by atoms with Gasteiger partial charge in [0.2, 0.25) is 0 Å². The molecule has 0 saturated carbocycles. The van der Waals surface area contributed by atoms with Crippen molar-refractivity contribution < 1.29 is 9.53 Å². The summed E-state index contributed by atoms with van der Waals surface area (Å²) in [5.41, 5.74) is 2.64. The summed E-state index contributed by atoms with van der Waals surface area (Å²) < 4.78 is 9.97. The lowest BCUT2D eigenvalue weighted by molar-refractivity contribution is -0.118. The summed E-state index contributed by atoms with van der Waals surface area (Å²) in [6.45, 7) is 0.744. The van der Waals surface area contributed by atoms with Crippen molar-refractivity contribution in [1.82, 2.24) is 14.3 Å². The first-order valence-electron chi connectivity index (χ1n) is 12.0. The molecule has 5 rings (SSSR count). The highest BCUT2D eigenvalue weighted by molar-refractivity contribution is 7.71. The van der Waals surface area contributed by atoms with Crippen LogP contribution in [0.2, 0.25) is 0 Å². The number of nitrogens with zero attached hydrogens (tertiary/aromatic N) is 4. The molecule has 0 aliphatic carbocycles. The molecule has 184 valence electrons. The van der Waals surface area contributed by atoms with E-state index in [1.165, 1.54) is 0 Å². The first-order chi connectivity index (χ1) is 18.2. The molecule has 0 saturated heterocycles. The van der Waals surface area contributed by atoms with Gasteiger partial charge in [-0.1, -0.05) is 84.9 Å². The van der Waals surface area contributed by atoms with E-state index >= 15 is 0 Å². The Labute approximate surface area is 221 Å². The Morgan fingerprint density at radius 1 is 0.757 bits per heavy atom. The van der Waals surface area contributed by atoms with E-state index < -0.39 is 0 Å². The van der Waals surface area contributed by atoms with E-state index in [-0.39, 0.29) is 19.1 Å². The average Bonchev–Trinajstić information content (AvgIpc) is 3.23. The van der Waals surface area contributed by atoms with E-state index in [0.717, 1.165) is 22.7 Å². The highest BCUT2D eigenvalue weighted by Gasteiger charge is 2.21. The third-order valence-corrected chi connectivity index (χ3v) is 6.29. The number of carbonyl (C=O) groups excluding carboxylic acids is 1. The Morgan fingerprint density at radius 2 is 1.27 bits per heavy atom. The Bertz CT molecular complexity index is 1460. The van der Waals surface area contributed by atoms with E-state index in [4.69, 9.17) is 22.1 Å². The van der Waals surface area contributed by atoms with Gasteiger partial charge in [-0.3, -0.25) is 14.3 Å². The molecule has 0 radical (unpaired) electrons. The third kappa shape index (κ3) is 5.85. The van der Waals surface area contributed by atoms with Gasteiger partial charge in [0.15, 0.2) is 10.6 Å². The number of para-hydroxylation sites is 3. The smallest absolute Gasteiger partial charge is 0.253 e. The van der Waals surface area contributed by atoms with Crippen molar-refractivity contribution in [1.29, 1.82) is 0 Å². The molecule has 0 unspecified atom stereocenters. The van der Waals surface area contributed by atoms with Gasteiger partial charge in [0.25, 0.3) is 5.91 Å². The van der Waals surface area contributed by atoms with Crippen LogP contribution in [-0.4, -0.2) is 20.3 Å². The molecule has 0 aliphatic rings. The molecule has 1 heterocycles. The number of carbonyl (C=O) groups is 1. The van der Waals surface area contributed by atoms with Crippen LogP contribution in [0.25, 0.3) is 0 Å². The lowest BCUT2D eigenvalue weighted by atomic mass is 10.2. The summed E-state index contributed by atoms with van der Waals surface area (Å²) in [4.78, 5) is 15.4. The Morgan fingerprint density at radius 3 is 1.84 bits per heavy atom. The second-order valence-corrected chi connectivity index (χ2v) is 8.80. The molecule has 4 aromatic carbocycles. The van der Waals surface area contributed by atoms with Crippen LogP contribution in [0, 0.1) is 4.77 Å². The van der Waals surface area contributed by atoms with Crippen molar-refractivity contribution in [2.75, 3.05) is 4.90 Å². The van der Waals surface area contributed by atoms with E-state index in [1.807, 2.05) is 126 Å². The molecule has 5 aromatic rings. The average molecular weight is 507 g/mol. The first kappa shape index (κ1) is 24.2. The number of hydrogen-bond acceptors (Lipinski definition) is 4. The summed E-state index contributed by atoms with van der Waals surface area (Å²) in [6.07, 6.45) is 0. The molecule has 0 fully saturated rings. The molecule has 6 nitrogen and oxygen atoms in total. The maximum atomic E-state index is 13.7. The van der Waals surface area contributed by atoms with Crippen LogP contribution in [0.15, 0.2) is 121 Å². The minimum atomic E-state index is -0.145. The summed E-state index contributed by atoms with van der Waals surface area (Å²) >= 11 is 5.82. The van der Waals surface area contributed by atoms with Gasteiger partial charge in [-0.2, -0.15) is 5.10 Å². The molecule has 0 atom stereocenters. The van der Waals surface area contributed by atoms with Crippen molar-refractivity contribution in [2.24, 2.45) is 0 Å². The fourth-order valence-corrected chi connectivity index (χ4v) is 4.35. The molecule has 1 amide bonds. The first-order valence-corrected chi connectivity index (χ1v) is 12.4. The fourth-order valence-electron chi connectivity index (χ4n) is 4.08. The van der Waals surface area contributed by atoms with Gasteiger partial charge in [-0.05, 0) is 54.2 Å². The summed E-state index contributed by atoms with van der Waals surface area (Å²) in [5, 5.41) is 4.73. The minimum Gasteiger partial charge on any atom is -0.486 e. The molecular weight excluding hydrogens is 480 g/mol. The van der Waals surface area contributed by atoms with Crippen molar-refractivity contribution >= 4 is 29.5 Å². The zero-order valence-corrected chi connectivity index (χ0v) is 21.0. The SMILES string of the molecule is O=C(Cn1nc(COc2ccccc2)n(Cc2ccccc2)c1=S)N(c1ccccc1)c1ccccc1. The lowest BCUT2D eigenvalue weighted by Crippen LogP contribution is -2.30. The third-order valence-electron chi connectivity index (χ3n) is 5.86. The number of benzene rings is 4. The van der Waals surface area contributed by atoms with Crippen LogP contribution in [-0.2, 0) is 24.5 Å². The van der Waals surface area contributed by atoms with Gasteiger partial charge >= 0.3 is 0 Å². The molecule has 0 N–H and O–H groups in total. The van der Waals surface area contributed by atoms with Crippen molar-refractivity contribution in [3.05, 3.63) is 137 Å². The quantitative estimate of drug-likeness (QED) is 0.217. The largest absolute Gasteiger partial charge is 0.486 e. The van der Waals surface area contributed by atoms with Crippen LogP contribution in [0.4, 0.5) is 11.4 Å². The Hall–Kier alpha value is -4.49. The zero-order chi connectivity index (χ0) is 25.5. The van der Waals surface area contributed by atoms with Gasteiger partial charge < -0.3 is 4.74 Å². The van der Waals surface area contributed by atoms with E-state index in [2.05, 4.69) is 0 Å². The summed E-state index contributed by atoms with van der Waals surface area (Å²) in [7, 11) is 0. The normalized spacial score (nSPS) is 10.7. The maximum Gasteiger partial charge on any atom is 0.253 e. The lowest BCUT2D eigenvalue weighted by Gasteiger charge is -2.23. The predicted molar refractivity (Wildman–Crippen MR) is 147 cm³/mol. The molecule has 0 spiro atoms. The van der Waals surface area contributed by atoms with Crippen LogP contribution < -0.4 is 9.64 Å². The highest BCUT2D eigenvalue weighted by atomic mass is 32.1. The highest BCUT2D eigenvalue weighted by Crippen LogP contribution is 2.25. The minimum absolute atomic E-state index is 0.0112. The van der Waals surface area contributed by atoms with E-state index in [0.29, 0.717) is 17.1 Å². The second kappa shape index (κ2) is 11.5. The van der Waals surface area contributed by atoms with Crippen molar-refractivity contribution in [3.8, 4) is 5.75 Å². The fraction of sp³-hybridized carbons (Fsp3) is 0.100. The van der Waals surface area contributed by atoms with Gasteiger partial charge in [-0.15, -0.1) is 0 Å². The van der Waals surface area contributed by atoms with Gasteiger partial charge in [0.05, 0.1) is 6.54 Å². The number of rotatable bonds is 9. The van der Waals surface area contributed by atoms with Gasteiger partial charge in [0.1, 0.15) is 18.9 Å². The molecule has 0 bridgehead atoms. The topological polar surface area (TPSA) is 52.3 Å². The summed E-state index contributed by atoms with van der Waals surface area (Å²) in [5.74, 6) is 1.24. The molecule has 1 aromatic heterocycles. The second-order valence-electron chi connectivity index (χ2n) is 8.43. The maximum absolute atomic E-state index is 13.7. The standard InChI is InChI=1S/C30H26N4O2S/c35-29(34(25-15-7-2-8-16-25)26-17-9-3-10-18-26)22-33-30(37)32(21-24-13-5-1-6-14-24)28(31-33)23-36-27-19-11-4-12-20-27/h1-20H,21-23H2. The van der Waals surface area contributed by atoms with Gasteiger partial charge in [0, 0.05) is 11.4 Å². The van der Waals surface area contributed by atoms with E-state index in [9.17, 15) is 4.79 Å². The van der Waals surface area contributed by atoms with Gasteiger partial charge in [-0.25, -0.2) is 4.68 Å². The van der Waals surface area contributed by atoms with Crippen LogP contribution in [0.1, 0.15) is 11.4 Å². The van der Waals surface area contributed by atoms with E-state index in [1.54, 1.807) is 9.58 Å². The summed E-state index contributed by atoms with van der Waals surface area (Å²) in [6, 6.07) is 38.8. The Kier molecular flexibility index (Phi) is 7.52. The number of aromatic nitrogens is 3.